The predicted molar refractivity (Wildman–Crippen MR) is 511 cm³/mol. The molecule has 119 heavy (non-hydrogen) atoms. The largest absolute Gasteiger partial charge is 0.0701 e. The van der Waals surface area contributed by atoms with Gasteiger partial charge in [-0.2, -0.15) is 0 Å². The van der Waals surface area contributed by atoms with Gasteiger partial charge in [-0.1, -0.05) is 484 Å². The molecule has 0 aliphatic heterocycles. The molecule has 0 fully saturated rings. The molecule has 0 nitrogen and oxygen atoms in total. The normalized spacial score (nSPS) is 11.9. The van der Waals surface area contributed by atoms with Crippen LogP contribution in [0, 0.1) is 6.92 Å². The zero-order valence-electron chi connectivity index (χ0n) is 72.3. The van der Waals surface area contributed by atoms with E-state index in [2.05, 4.69) is 485 Å². The lowest BCUT2D eigenvalue weighted by Crippen LogP contribution is -2.31. The van der Waals surface area contributed by atoms with E-state index in [-0.39, 0.29) is 16.2 Å². The first-order valence-electron chi connectivity index (χ1n) is 43.1. The van der Waals surface area contributed by atoms with Crippen molar-refractivity contribution in [3.63, 3.8) is 0 Å². The Hall–Kier alpha value is -12.5. The third-order valence-electron chi connectivity index (χ3n) is 25.0. The van der Waals surface area contributed by atoms with E-state index in [1.54, 1.807) is 0 Å². The average molecular weight is 1540 g/mol. The molecule has 0 heteroatoms. The van der Waals surface area contributed by atoms with Crippen LogP contribution >= 0.6 is 0 Å². The molecular weight excluding hydrogens is 1430 g/mol. The summed E-state index contributed by atoms with van der Waals surface area (Å²) < 4.78 is 0. The number of hydrogen-bond donors (Lipinski definition) is 0. The highest BCUT2D eigenvalue weighted by atomic mass is 14.4. The second-order valence-corrected chi connectivity index (χ2v) is 35.7. The van der Waals surface area contributed by atoms with E-state index in [1.807, 2.05) is 0 Å². The Morgan fingerprint density at radius 2 is 0.235 bits per heavy atom. The monoisotopic (exact) mass is 1540 g/mol. The van der Waals surface area contributed by atoms with Gasteiger partial charge in [0, 0.05) is 0 Å². The van der Waals surface area contributed by atoms with Gasteiger partial charge in [0.25, 0.3) is 0 Å². The fraction of sp³-hybridized carbons (Fsp3) is 0.193. The lowest BCUT2D eigenvalue weighted by Gasteiger charge is -2.37. The Bertz CT molecular complexity index is 5370. The van der Waals surface area contributed by atoms with Crippen molar-refractivity contribution in [1.29, 1.82) is 0 Å². The molecular formula is C119H114. The summed E-state index contributed by atoms with van der Waals surface area (Å²) in [4.78, 5) is 0. The van der Waals surface area contributed by atoms with E-state index in [9.17, 15) is 0 Å². The number of rotatable bonds is 20. The molecule has 0 bridgehead atoms. The molecule has 16 rings (SSSR count). The van der Waals surface area contributed by atoms with Crippen molar-refractivity contribution in [3.05, 3.63) is 477 Å². The highest BCUT2D eigenvalue weighted by Gasteiger charge is 2.41. The van der Waals surface area contributed by atoms with Crippen LogP contribution in [0.3, 0.4) is 0 Å². The Kier molecular flexibility index (Phi) is 24.0. The van der Waals surface area contributed by atoms with Gasteiger partial charge in [-0.05, 0) is 221 Å². The first-order chi connectivity index (χ1) is 57.5. The van der Waals surface area contributed by atoms with Gasteiger partial charge in [0.05, 0.1) is 10.8 Å². The number of benzene rings is 16. The van der Waals surface area contributed by atoms with Gasteiger partial charge < -0.3 is 0 Å². The van der Waals surface area contributed by atoms with Gasteiger partial charge in [0.15, 0.2) is 0 Å². The lowest BCUT2D eigenvalue weighted by atomic mass is 9.64. The molecule has 0 N–H and O–H groups in total. The summed E-state index contributed by atoms with van der Waals surface area (Å²) >= 11 is 0. The molecule has 16 aromatic rings. The summed E-state index contributed by atoms with van der Waals surface area (Å²) in [5, 5.41) is 0. The van der Waals surface area contributed by atoms with E-state index in [0.29, 0.717) is 0 Å². The Morgan fingerprint density at radius 3 is 0.345 bits per heavy atom. The zero-order valence-corrected chi connectivity index (χ0v) is 72.3. The van der Waals surface area contributed by atoms with Crippen molar-refractivity contribution in [2.75, 3.05) is 0 Å². The van der Waals surface area contributed by atoms with Crippen molar-refractivity contribution in [3.8, 4) is 89.0 Å². The molecule has 590 valence electrons. The van der Waals surface area contributed by atoms with Crippen molar-refractivity contribution in [1.82, 2.24) is 0 Å². The van der Waals surface area contributed by atoms with Crippen LogP contribution in [0.2, 0.25) is 0 Å². The third kappa shape index (κ3) is 17.6. The van der Waals surface area contributed by atoms with E-state index in [0.717, 1.165) is 25.7 Å². The summed E-state index contributed by atoms with van der Waals surface area (Å²) in [5.74, 6) is 0. The fourth-order valence-corrected chi connectivity index (χ4v) is 17.3. The van der Waals surface area contributed by atoms with Crippen LogP contribution in [0.4, 0.5) is 0 Å². The molecule has 0 aromatic heterocycles. The van der Waals surface area contributed by atoms with Gasteiger partial charge in [0.2, 0.25) is 0 Å². The second kappa shape index (κ2) is 35.0. The molecule has 0 radical (unpaired) electrons. The van der Waals surface area contributed by atoms with Gasteiger partial charge in [-0.25, -0.2) is 0 Å². The smallest absolute Gasteiger partial charge is 0.0613 e. The molecule has 0 spiro atoms. The Balaban J connectivity index is 0.000000186. The molecule has 16 aromatic carbocycles. The van der Waals surface area contributed by atoms with Gasteiger partial charge in [-0.15, -0.1) is 0 Å². The van der Waals surface area contributed by atoms with Gasteiger partial charge in [0.1, 0.15) is 0 Å². The zero-order chi connectivity index (χ0) is 83.1. The summed E-state index contributed by atoms with van der Waals surface area (Å²) in [6, 6.07) is 147. The SMILES string of the molecule is CCc1ccc(-c2ccc(C(c3ccc(-c4ccc(CC)cc4)cc3)(c3ccc(-c4ccc(CC)cc4)cc3)c3ccc(-c4ccc(CC)cc4)cc3)cc2)cc1.Cc1ccc(-c2ccc(C(c3ccc(-c4ccc(C(C)(C)C)cc4)cc3)(c3ccc(-c4ccc(C(C)(C)C)cc4)cc3)c3ccc(-c4ccc(C(C)(C)C)cc4)cc3)cc2)cc1. The minimum atomic E-state index is -0.621. The summed E-state index contributed by atoms with van der Waals surface area (Å²) in [6.45, 7) is 31.4. The van der Waals surface area contributed by atoms with Crippen LogP contribution in [-0.2, 0) is 52.8 Å². The van der Waals surface area contributed by atoms with Crippen LogP contribution in [0.25, 0.3) is 89.0 Å². The maximum absolute atomic E-state index is 2.36. The minimum Gasteiger partial charge on any atom is -0.0613 e. The average Bonchev–Trinajstić information content (AvgIpc) is 0.732. The van der Waals surface area contributed by atoms with E-state index in [4.69, 9.17) is 0 Å². The highest BCUT2D eigenvalue weighted by Crippen LogP contribution is 2.50. The molecule has 0 saturated heterocycles. The molecule has 0 amide bonds. The second-order valence-electron chi connectivity index (χ2n) is 35.7. The predicted octanol–water partition coefficient (Wildman–Crippen LogP) is 31.9. The molecule has 0 aliphatic carbocycles. The van der Waals surface area contributed by atoms with Crippen LogP contribution in [0.5, 0.6) is 0 Å². The maximum atomic E-state index is 2.36. The van der Waals surface area contributed by atoms with E-state index >= 15 is 0 Å². The molecule has 0 saturated carbocycles. The van der Waals surface area contributed by atoms with Crippen molar-refractivity contribution in [2.24, 2.45) is 0 Å². The summed E-state index contributed by atoms with van der Waals surface area (Å²) in [6.07, 6.45) is 4.15. The van der Waals surface area contributed by atoms with Crippen LogP contribution in [0.15, 0.2) is 388 Å². The summed E-state index contributed by atoms with van der Waals surface area (Å²) in [7, 11) is 0. The number of hydrogen-bond acceptors (Lipinski definition) is 0. The van der Waals surface area contributed by atoms with Gasteiger partial charge >= 0.3 is 0 Å². The maximum Gasteiger partial charge on any atom is 0.0701 e. The minimum absolute atomic E-state index is 0.105. The van der Waals surface area contributed by atoms with Crippen molar-refractivity contribution < 1.29 is 0 Å². The first-order valence-corrected chi connectivity index (χ1v) is 43.1. The van der Waals surface area contributed by atoms with E-state index in [1.165, 1.54) is 178 Å². The standard InChI is InChI=1S/C62H62.C57H52/c1-43-11-13-44(14-12-43)48-21-35-55(36-22-48)62(56-37-23-49(24-38-56)45-15-29-52(30-16-45)59(2,3)4,57-39-25-50(26-40-57)46-17-31-53(32-18-46)60(5,6)7)58-41-27-51(28-42-58)47-19-33-54(34-20-47)61(8,9)10;1-5-41-9-17-45(18-10-41)49-25-33-53(34-26-49)57(54-35-27-50(28-36-54)46-19-11-42(6-2)12-20-46,55-37-29-51(30-38-55)47-21-13-43(7-3)14-22-47)56-39-31-52(32-40-56)48-23-15-44(8-4)16-24-48/h11-42H,1-10H3;9-40H,5-8H2,1-4H3. The quantitative estimate of drug-likeness (QED) is 0.0667. The summed E-state index contributed by atoms with van der Waals surface area (Å²) in [5.41, 5.74) is 39.2. The molecule has 0 aliphatic rings. The number of aryl methyl sites for hydroxylation is 5. The molecule has 0 heterocycles. The van der Waals surface area contributed by atoms with Crippen LogP contribution in [0.1, 0.15) is 179 Å². The van der Waals surface area contributed by atoms with Crippen molar-refractivity contribution >= 4 is 0 Å². The Morgan fingerprint density at radius 1 is 0.134 bits per heavy atom. The third-order valence-corrected chi connectivity index (χ3v) is 25.0. The lowest BCUT2D eigenvalue weighted by molar-refractivity contribution is 0.590. The topological polar surface area (TPSA) is 0 Å². The van der Waals surface area contributed by atoms with Gasteiger partial charge in [-0.3, -0.25) is 0 Å². The van der Waals surface area contributed by atoms with Crippen molar-refractivity contribution in [2.45, 2.75) is 150 Å². The fourth-order valence-electron chi connectivity index (χ4n) is 17.3. The highest BCUT2D eigenvalue weighted by molar-refractivity contribution is 5.77. The van der Waals surface area contributed by atoms with Crippen LogP contribution < -0.4 is 0 Å². The first kappa shape index (κ1) is 81.7. The molecule has 0 atom stereocenters. The molecule has 0 unspecified atom stereocenters. The van der Waals surface area contributed by atoms with Crippen LogP contribution in [-0.4, -0.2) is 0 Å². The van der Waals surface area contributed by atoms with E-state index < -0.39 is 10.8 Å². The Labute approximate surface area is 711 Å².